The Bertz CT molecular complexity index is 861. The average Bonchev–Trinajstić information content (AvgIpc) is 3.00. The molecule has 0 N–H and O–H groups in total. The molecule has 1 nitrogen and oxygen atoms in total. The normalized spacial score (nSPS) is 15.8. The third-order valence-corrected chi connectivity index (χ3v) is 4.85. The van der Waals surface area contributed by atoms with Crippen molar-refractivity contribution in [3.63, 3.8) is 0 Å². The van der Waals surface area contributed by atoms with Gasteiger partial charge in [0.15, 0.2) is 0 Å². The van der Waals surface area contributed by atoms with E-state index in [4.69, 9.17) is 4.74 Å². The van der Waals surface area contributed by atoms with E-state index >= 15 is 0 Å². The standard InChI is InChI=1S/C23H22O/c1-16-10-12-18(13-11-16)14-20-15-19-7-5-9-22(23(19)24-20)21-8-4-3-6-17(21)2/h3-13,20H,14-15H2,1-2H3. The summed E-state index contributed by atoms with van der Waals surface area (Å²) in [4.78, 5) is 0. The van der Waals surface area contributed by atoms with E-state index in [-0.39, 0.29) is 6.10 Å². The molecule has 3 aromatic rings. The van der Waals surface area contributed by atoms with Crippen molar-refractivity contribution in [1.82, 2.24) is 0 Å². The summed E-state index contributed by atoms with van der Waals surface area (Å²) >= 11 is 0. The van der Waals surface area contributed by atoms with Crippen LogP contribution in [-0.4, -0.2) is 6.10 Å². The van der Waals surface area contributed by atoms with Gasteiger partial charge in [0, 0.05) is 18.4 Å². The van der Waals surface area contributed by atoms with Crippen LogP contribution in [0.4, 0.5) is 0 Å². The van der Waals surface area contributed by atoms with Gasteiger partial charge in [-0.15, -0.1) is 0 Å². The number of hydrogen-bond donors (Lipinski definition) is 0. The van der Waals surface area contributed by atoms with Crippen molar-refractivity contribution < 1.29 is 4.74 Å². The molecular formula is C23H22O. The molecule has 0 aromatic heterocycles. The van der Waals surface area contributed by atoms with Gasteiger partial charge in [-0.25, -0.2) is 0 Å². The van der Waals surface area contributed by atoms with Crippen molar-refractivity contribution >= 4 is 0 Å². The van der Waals surface area contributed by atoms with Gasteiger partial charge < -0.3 is 4.74 Å². The van der Waals surface area contributed by atoms with Crippen molar-refractivity contribution in [2.24, 2.45) is 0 Å². The lowest BCUT2D eigenvalue weighted by Crippen LogP contribution is -2.16. The van der Waals surface area contributed by atoms with Gasteiger partial charge in [0.1, 0.15) is 11.9 Å². The first-order chi connectivity index (χ1) is 11.7. The topological polar surface area (TPSA) is 9.23 Å². The van der Waals surface area contributed by atoms with Gasteiger partial charge in [0.05, 0.1) is 0 Å². The van der Waals surface area contributed by atoms with Gasteiger partial charge >= 0.3 is 0 Å². The fourth-order valence-electron chi connectivity index (χ4n) is 3.53. The van der Waals surface area contributed by atoms with Gasteiger partial charge in [-0.1, -0.05) is 72.3 Å². The number of fused-ring (bicyclic) bond motifs is 1. The molecule has 1 aliphatic rings. The molecule has 0 radical (unpaired) electrons. The minimum atomic E-state index is 0.230. The largest absolute Gasteiger partial charge is 0.489 e. The summed E-state index contributed by atoms with van der Waals surface area (Å²) in [5.41, 5.74) is 7.75. The zero-order valence-corrected chi connectivity index (χ0v) is 14.3. The van der Waals surface area contributed by atoms with E-state index in [0.717, 1.165) is 18.6 Å². The van der Waals surface area contributed by atoms with Crippen LogP contribution in [0.2, 0.25) is 0 Å². The Morgan fingerprint density at radius 1 is 0.833 bits per heavy atom. The zero-order valence-electron chi connectivity index (χ0n) is 14.3. The van der Waals surface area contributed by atoms with Gasteiger partial charge in [-0.05, 0) is 36.1 Å². The Morgan fingerprint density at radius 2 is 1.58 bits per heavy atom. The molecule has 0 fully saturated rings. The highest BCUT2D eigenvalue weighted by Gasteiger charge is 2.26. The van der Waals surface area contributed by atoms with Crippen LogP contribution in [0.15, 0.2) is 66.7 Å². The molecule has 1 aliphatic heterocycles. The molecule has 0 aliphatic carbocycles. The van der Waals surface area contributed by atoms with Crippen molar-refractivity contribution in [3.05, 3.63) is 89.0 Å². The van der Waals surface area contributed by atoms with Gasteiger partial charge in [0.2, 0.25) is 0 Å². The number of rotatable bonds is 3. The summed E-state index contributed by atoms with van der Waals surface area (Å²) in [5, 5.41) is 0. The van der Waals surface area contributed by atoms with E-state index in [9.17, 15) is 0 Å². The first kappa shape index (κ1) is 15.0. The molecule has 0 saturated carbocycles. The van der Waals surface area contributed by atoms with E-state index in [2.05, 4.69) is 80.6 Å². The Labute approximate surface area is 143 Å². The lowest BCUT2D eigenvalue weighted by molar-refractivity contribution is 0.234. The predicted molar refractivity (Wildman–Crippen MR) is 99.6 cm³/mol. The maximum atomic E-state index is 6.38. The van der Waals surface area contributed by atoms with Gasteiger partial charge in [-0.2, -0.15) is 0 Å². The molecule has 24 heavy (non-hydrogen) atoms. The second kappa shape index (κ2) is 6.16. The second-order valence-electron chi connectivity index (χ2n) is 6.74. The summed E-state index contributed by atoms with van der Waals surface area (Å²) in [6.45, 7) is 4.29. The van der Waals surface area contributed by atoms with Crippen molar-refractivity contribution in [3.8, 4) is 16.9 Å². The Balaban J connectivity index is 1.62. The SMILES string of the molecule is Cc1ccc(CC2Cc3cccc(-c4ccccc4C)c3O2)cc1. The van der Waals surface area contributed by atoms with Crippen molar-refractivity contribution in [2.75, 3.05) is 0 Å². The van der Waals surface area contributed by atoms with Crippen LogP contribution in [0.5, 0.6) is 5.75 Å². The van der Waals surface area contributed by atoms with Crippen LogP contribution >= 0.6 is 0 Å². The average molecular weight is 314 g/mol. The summed E-state index contributed by atoms with van der Waals surface area (Å²) in [5.74, 6) is 1.07. The molecule has 0 bridgehead atoms. The summed E-state index contributed by atoms with van der Waals surface area (Å²) in [6, 6.07) is 23.8. The van der Waals surface area contributed by atoms with Crippen LogP contribution in [0.25, 0.3) is 11.1 Å². The molecule has 1 heterocycles. The minimum absolute atomic E-state index is 0.230. The monoisotopic (exact) mass is 314 g/mol. The molecule has 0 saturated heterocycles. The Morgan fingerprint density at radius 3 is 2.38 bits per heavy atom. The van der Waals surface area contributed by atoms with Crippen LogP contribution in [-0.2, 0) is 12.8 Å². The van der Waals surface area contributed by atoms with Crippen LogP contribution in [0.3, 0.4) is 0 Å². The van der Waals surface area contributed by atoms with Crippen LogP contribution < -0.4 is 4.74 Å². The van der Waals surface area contributed by atoms with E-state index in [0.29, 0.717) is 0 Å². The third kappa shape index (κ3) is 2.82. The molecular weight excluding hydrogens is 292 g/mol. The highest BCUT2D eigenvalue weighted by molar-refractivity contribution is 5.75. The summed E-state index contributed by atoms with van der Waals surface area (Å²) in [7, 11) is 0. The predicted octanol–water partition coefficient (Wildman–Crippen LogP) is 5.52. The smallest absolute Gasteiger partial charge is 0.130 e. The van der Waals surface area contributed by atoms with Crippen LogP contribution in [0.1, 0.15) is 22.3 Å². The maximum absolute atomic E-state index is 6.38. The molecule has 3 aromatic carbocycles. The fourth-order valence-corrected chi connectivity index (χ4v) is 3.53. The second-order valence-corrected chi connectivity index (χ2v) is 6.74. The van der Waals surface area contributed by atoms with E-state index < -0.39 is 0 Å². The fraction of sp³-hybridized carbons (Fsp3) is 0.217. The van der Waals surface area contributed by atoms with Gasteiger partial charge in [0.25, 0.3) is 0 Å². The minimum Gasteiger partial charge on any atom is -0.489 e. The highest BCUT2D eigenvalue weighted by Crippen LogP contribution is 2.40. The maximum Gasteiger partial charge on any atom is 0.130 e. The Kier molecular flexibility index (Phi) is 3.86. The number of hydrogen-bond acceptors (Lipinski definition) is 1. The first-order valence-electron chi connectivity index (χ1n) is 8.61. The first-order valence-corrected chi connectivity index (χ1v) is 8.61. The van der Waals surface area contributed by atoms with Crippen LogP contribution in [0, 0.1) is 13.8 Å². The number of ether oxygens (including phenoxy) is 1. The lowest BCUT2D eigenvalue weighted by Gasteiger charge is -2.14. The molecule has 1 atom stereocenters. The zero-order chi connectivity index (χ0) is 16.5. The molecule has 0 spiro atoms. The molecule has 1 heteroatoms. The molecule has 1 unspecified atom stereocenters. The van der Waals surface area contributed by atoms with E-state index in [1.807, 2.05) is 0 Å². The van der Waals surface area contributed by atoms with Gasteiger partial charge in [-0.3, -0.25) is 0 Å². The highest BCUT2D eigenvalue weighted by atomic mass is 16.5. The summed E-state index contributed by atoms with van der Waals surface area (Å²) < 4.78 is 6.38. The number of para-hydroxylation sites is 1. The Hall–Kier alpha value is -2.54. The molecule has 4 rings (SSSR count). The van der Waals surface area contributed by atoms with Crippen molar-refractivity contribution in [1.29, 1.82) is 0 Å². The third-order valence-electron chi connectivity index (χ3n) is 4.85. The number of benzene rings is 3. The molecule has 0 amide bonds. The molecule has 120 valence electrons. The van der Waals surface area contributed by atoms with E-state index in [1.54, 1.807) is 0 Å². The van der Waals surface area contributed by atoms with Crippen molar-refractivity contribution in [2.45, 2.75) is 32.8 Å². The van der Waals surface area contributed by atoms with E-state index in [1.165, 1.54) is 33.4 Å². The quantitative estimate of drug-likeness (QED) is 0.619. The lowest BCUT2D eigenvalue weighted by atomic mass is 9.96. The number of aryl methyl sites for hydroxylation is 2. The summed E-state index contributed by atoms with van der Waals surface area (Å²) in [6.07, 6.45) is 2.18.